The molecule has 4 heteroatoms. The Hall–Kier alpha value is -2.20. The lowest BCUT2D eigenvalue weighted by molar-refractivity contribution is 0.641. The van der Waals surface area contributed by atoms with Gasteiger partial charge in [-0.15, -0.1) is 0 Å². The van der Waals surface area contributed by atoms with Crippen LogP contribution in [0.3, 0.4) is 0 Å². The standard InChI is InChI=1S/C16H18N4/c1-20-16-7-3-2-6-14(16)15(19-20)10-13(17)9-12-5-4-8-18-11-12/h2-8,11,13H,9-10,17H2,1H3. The maximum absolute atomic E-state index is 6.26. The fourth-order valence-corrected chi connectivity index (χ4v) is 2.58. The van der Waals surface area contributed by atoms with Crippen molar-refractivity contribution in [1.82, 2.24) is 14.8 Å². The summed E-state index contributed by atoms with van der Waals surface area (Å²) >= 11 is 0. The maximum atomic E-state index is 6.26. The van der Waals surface area contributed by atoms with Crippen LogP contribution < -0.4 is 5.73 Å². The Labute approximate surface area is 118 Å². The van der Waals surface area contributed by atoms with Crippen molar-refractivity contribution >= 4 is 10.9 Å². The molecule has 20 heavy (non-hydrogen) atoms. The highest BCUT2D eigenvalue weighted by molar-refractivity contribution is 5.81. The number of fused-ring (bicyclic) bond motifs is 1. The molecule has 0 aliphatic rings. The van der Waals surface area contributed by atoms with Gasteiger partial charge in [0.05, 0.1) is 11.2 Å². The highest BCUT2D eigenvalue weighted by Gasteiger charge is 2.12. The summed E-state index contributed by atoms with van der Waals surface area (Å²) < 4.78 is 1.92. The third kappa shape index (κ3) is 2.56. The van der Waals surface area contributed by atoms with Crippen LogP contribution in [0.25, 0.3) is 10.9 Å². The fourth-order valence-electron chi connectivity index (χ4n) is 2.58. The summed E-state index contributed by atoms with van der Waals surface area (Å²) in [6.45, 7) is 0. The number of hydrogen-bond donors (Lipinski definition) is 1. The number of aromatic nitrogens is 3. The van der Waals surface area contributed by atoms with Crippen LogP contribution in [0.15, 0.2) is 48.8 Å². The zero-order chi connectivity index (χ0) is 13.9. The Morgan fingerprint density at radius 3 is 2.80 bits per heavy atom. The minimum absolute atomic E-state index is 0.0532. The highest BCUT2D eigenvalue weighted by Crippen LogP contribution is 2.19. The molecule has 102 valence electrons. The first kappa shape index (κ1) is 12.8. The molecule has 0 fully saturated rings. The number of nitrogens with two attached hydrogens (primary N) is 1. The summed E-state index contributed by atoms with van der Waals surface area (Å²) in [4.78, 5) is 4.12. The van der Waals surface area contributed by atoms with Crippen molar-refractivity contribution in [2.75, 3.05) is 0 Å². The van der Waals surface area contributed by atoms with E-state index in [1.807, 2.05) is 36.1 Å². The molecule has 2 N–H and O–H groups in total. The van der Waals surface area contributed by atoms with Gasteiger partial charge in [-0.25, -0.2) is 0 Å². The predicted octanol–water partition coefficient (Wildman–Crippen LogP) is 2.08. The van der Waals surface area contributed by atoms with Crippen LogP contribution >= 0.6 is 0 Å². The van der Waals surface area contributed by atoms with Crippen molar-refractivity contribution in [2.24, 2.45) is 12.8 Å². The first-order valence-electron chi connectivity index (χ1n) is 6.79. The van der Waals surface area contributed by atoms with Crippen LogP contribution in [-0.4, -0.2) is 20.8 Å². The molecule has 0 saturated heterocycles. The molecule has 2 aromatic heterocycles. The Bertz CT molecular complexity index is 703. The van der Waals surface area contributed by atoms with Crippen molar-refractivity contribution in [1.29, 1.82) is 0 Å². The second-order valence-corrected chi connectivity index (χ2v) is 5.12. The number of benzene rings is 1. The van der Waals surface area contributed by atoms with E-state index in [2.05, 4.69) is 28.3 Å². The lowest BCUT2D eigenvalue weighted by Crippen LogP contribution is -2.25. The molecular formula is C16H18N4. The lowest BCUT2D eigenvalue weighted by atomic mass is 10.0. The van der Waals surface area contributed by atoms with Gasteiger partial charge in [-0.3, -0.25) is 9.67 Å². The van der Waals surface area contributed by atoms with Crippen molar-refractivity contribution in [3.63, 3.8) is 0 Å². The van der Waals surface area contributed by atoms with Gasteiger partial charge in [0.2, 0.25) is 0 Å². The molecule has 0 aliphatic heterocycles. The largest absolute Gasteiger partial charge is 0.327 e. The van der Waals surface area contributed by atoms with Gasteiger partial charge in [0, 0.05) is 37.3 Å². The molecule has 0 amide bonds. The van der Waals surface area contributed by atoms with Gasteiger partial charge in [-0.2, -0.15) is 5.10 Å². The van der Waals surface area contributed by atoms with Crippen LogP contribution in [0.2, 0.25) is 0 Å². The minimum atomic E-state index is 0.0532. The van der Waals surface area contributed by atoms with Crippen molar-refractivity contribution in [3.8, 4) is 0 Å². The lowest BCUT2D eigenvalue weighted by Gasteiger charge is -2.09. The molecule has 0 spiro atoms. The van der Waals surface area contributed by atoms with Crippen molar-refractivity contribution in [2.45, 2.75) is 18.9 Å². The van der Waals surface area contributed by atoms with Crippen LogP contribution in [0, 0.1) is 0 Å². The van der Waals surface area contributed by atoms with Crippen molar-refractivity contribution in [3.05, 3.63) is 60.0 Å². The Morgan fingerprint density at radius 2 is 2.00 bits per heavy atom. The number of para-hydroxylation sites is 1. The quantitative estimate of drug-likeness (QED) is 0.786. The van der Waals surface area contributed by atoms with E-state index in [0.717, 1.165) is 24.1 Å². The van der Waals surface area contributed by atoms with E-state index in [9.17, 15) is 0 Å². The SMILES string of the molecule is Cn1nc(CC(N)Cc2cccnc2)c2ccccc21. The number of rotatable bonds is 4. The van der Waals surface area contributed by atoms with E-state index in [4.69, 9.17) is 5.73 Å². The summed E-state index contributed by atoms with van der Waals surface area (Å²) in [7, 11) is 1.97. The van der Waals surface area contributed by atoms with E-state index in [1.54, 1.807) is 6.20 Å². The van der Waals surface area contributed by atoms with E-state index in [1.165, 1.54) is 10.9 Å². The van der Waals surface area contributed by atoms with Gasteiger partial charge in [0.1, 0.15) is 0 Å². The second-order valence-electron chi connectivity index (χ2n) is 5.12. The normalized spacial score (nSPS) is 12.7. The van der Waals surface area contributed by atoms with E-state index < -0.39 is 0 Å². The molecule has 0 saturated carbocycles. The fraction of sp³-hybridized carbons (Fsp3) is 0.250. The summed E-state index contributed by atoms with van der Waals surface area (Å²) in [6, 6.07) is 12.3. The van der Waals surface area contributed by atoms with Gasteiger partial charge >= 0.3 is 0 Å². The van der Waals surface area contributed by atoms with Gasteiger partial charge in [0.25, 0.3) is 0 Å². The summed E-state index contributed by atoms with van der Waals surface area (Å²) in [5, 5.41) is 5.78. The summed E-state index contributed by atoms with van der Waals surface area (Å²) in [6.07, 6.45) is 5.24. The number of nitrogens with zero attached hydrogens (tertiary/aromatic N) is 3. The number of aryl methyl sites for hydroxylation is 1. The van der Waals surface area contributed by atoms with E-state index in [-0.39, 0.29) is 6.04 Å². The van der Waals surface area contributed by atoms with Gasteiger partial charge in [-0.05, 0) is 24.1 Å². The zero-order valence-corrected chi connectivity index (χ0v) is 11.5. The highest BCUT2D eigenvalue weighted by atomic mass is 15.3. The molecule has 2 heterocycles. The topological polar surface area (TPSA) is 56.7 Å². The zero-order valence-electron chi connectivity index (χ0n) is 11.5. The number of hydrogen-bond acceptors (Lipinski definition) is 3. The average Bonchev–Trinajstić information content (AvgIpc) is 2.77. The molecule has 0 radical (unpaired) electrons. The molecular weight excluding hydrogens is 248 g/mol. The Balaban J connectivity index is 1.79. The van der Waals surface area contributed by atoms with Crippen LogP contribution in [0.5, 0.6) is 0 Å². The molecule has 4 nitrogen and oxygen atoms in total. The molecule has 1 atom stereocenters. The Kier molecular flexibility index (Phi) is 3.48. The molecule has 0 aliphatic carbocycles. The third-order valence-corrected chi connectivity index (χ3v) is 3.51. The first-order valence-corrected chi connectivity index (χ1v) is 6.79. The van der Waals surface area contributed by atoms with Crippen LogP contribution in [0.4, 0.5) is 0 Å². The minimum Gasteiger partial charge on any atom is -0.327 e. The molecule has 3 aromatic rings. The van der Waals surface area contributed by atoms with E-state index >= 15 is 0 Å². The molecule has 3 rings (SSSR count). The maximum Gasteiger partial charge on any atom is 0.0718 e. The van der Waals surface area contributed by atoms with Crippen LogP contribution in [0.1, 0.15) is 11.3 Å². The Morgan fingerprint density at radius 1 is 1.15 bits per heavy atom. The van der Waals surface area contributed by atoms with Gasteiger partial charge in [-0.1, -0.05) is 24.3 Å². The third-order valence-electron chi connectivity index (χ3n) is 3.51. The number of pyridine rings is 1. The van der Waals surface area contributed by atoms with Gasteiger partial charge < -0.3 is 5.73 Å². The second kappa shape index (κ2) is 5.43. The molecule has 1 aromatic carbocycles. The molecule has 0 bridgehead atoms. The predicted molar refractivity (Wildman–Crippen MR) is 80.3 cm³/mol. The smallest absolute Gasteiger partial charge is 0.0718 e. The monoisotopic (exact) mass is 266 g/mol. The van der Waals surface area contributed by atoms with E-state index in [0.29, 0.717) is 0 Å². The summed E-state index contributed by atoms with van der Waals surface area (Å²) in [5.41, 5.74) is 9.65. The van der Waals surface area contributed by atoms with Crippen LogP contribution in [-0.2, 0) is 19.9 Å². The molecule has 1 unspecified atom stereocenters. The van der Waals surface area contributed by atoms with Gasteiger partial charge in [0.15, 0.2) is 0 Å². The van der Waals surface area contributed by atoms with Crippen molar-refractivity contribution < 1.29 is 0 Å². The first-order chi connectivity index (χ1) is 9.74. The average molecular weight is 266 g/mol. The summed E-state index contributed by atoms with van der Waals surface area (Å²) in [5.74, 6) is 0.